The molecule has 0 aliphatic heterocycles. The summed E-state index contributed by atoms with van der Waals surface area (Å²) in [5.74, 6) is 0.489. The quantitative estimate of drug-likeness (QED) is 0.542. The number of anilines is 1. The molecule has 0 atom stereocenters. The number of nitrogens with zero attached hydrogens (tertiary/aromatic N) is 2. The van der Waals surface area contributed by atoms with Crippen LogP contribution < -0.4 is 10.5 Å². The number of ether oxygens (including phenoxy) is 2. The Kier molecular flexibility index (Phi) is 4.68. The summed E-state index contributed by atoms with van der Waals surface area (Å²) in [6.07, 6.45) is 3.55. The van der Waals surface area contributed by atoms with Gasteiger partial charge >= 0.3 is 0 Å². The lowest BCUT2D eigenvalue weighted by Gasteiger charge is -2.04. The fourth-order valence-electron chi connectivity index (χ4n) is 1.57. The molecule has 0 saturated carbocycles. The molecule has 2 aromatic rings. The van der Waals surface area contributed by atoms with Crippen LogP contribution in [0, 0.1) is 0 Å². The van der Waals surface area contributed by atoms with E-state index in [1.807, 2.05) is 0 Å². The molecule has 7 nitrogen and oxygen atoms in total. The molecule has 0 unspecified atom stereocenters. The molecule has 0 bridgehead atoms. The Hall–Kier alpha value is -2.15. The van der Waals surface area contributed by atoms with E-state index in [9.17, 15) is 4.79 Å². The van der Waals surface area contributed by atoms with E-state index in [2.05, 4.69) is 15.2 Å². The number of carbonyl (C=O) groups is 1. The van der Waals surface area contributed by atoms with Crippen LogP contribution in [-0.4, -0.2) is 41.3 Å². The van der Waals surface area contributed by atoms with E-state index in [1.54, 1.807) is 12.3 Å². The van der Waals surface area contributed by atoms with Gasteiger partial charge in [-0.25, -0.2) is 4.98 Å². The van der Waals surface area contributed by atoms with Crippen LogP contribution in [0.3, 0.4) is 0 Å². The fraction of sp³-hybridized carbons (Fsp3) is 0.417. The highest BCUT2D eigenvalue weighted by Gasteiger charge is 2.07. The maximum Gasteiger partial charge on any atom is 0.242 e. The van der Waals surface area contributed by atoms with E-state index in [1.165, 1.54) is 0 Å². The Morgan fingerprint density at radius 2 is 2.26 bits per heavy atom. The largest absolute Gasteiger partial charge is 0.476 e. The number of hydrogen-bond acceptors (Lipinski definition) is 6. The first kappa shape index (κ1) is 13.3. The summed E-state index contributed by atoms with van der Waals surface area (Å²) in [6.45, 7) is 1.49. The van der Waals surface area contributed by atoms with Crippen LogP contribution in [-0.2, 0) is 9.53 Å². The molecule has 7 heteroatoms. The van der Waals surface area contributed by atoms with Crippen molar-refractivity contribution in [3.63, 3.8) is 0 Å². The predicted molar refractivity (Wildman–Crippen MR) is 69.9 cm³/mol. The molecule has 2 aromatic heterocycles. The van der Waals surface area contributed by atoms with Crippen molar-refractivity contribution in [2.45, 2.75) is 12.8 Å². The SMILES string of the molecule is Nc1cnc2[nH]nc(OCCCOCCC=O)c2c1. The molecule has 102 valence electrons. The number of aromatic nitrogens is 3. The van der Waals surface area contributed by atoms with Gasteiger partial charge in [-0.2, -0.15) is 0 Å². The summed E-state index contributed by atoms with van der Waals surface area (Å²) in [7, 11) is 0. The predicted octanol–water partition coefficient (Wildman–Crippen LogP) is 0.915. The first-order valence-corrected chi connectivity index (χ1v) is 6.05. The summed E-state index contributed by atoms with van der Waals surface area (Å²) in [5.41, 5.74) is 6.88. The molecule has 2 rings (SSSR count). The van der Waals surface area contributed by atoms with Crippen molar-refractivity contribution in [1.29, 1.82) is 0 Å². The zero-order valence-corrected chi connectivity index (χ0v) is 10.5. The van der Waals surface area contributed by atoms with Gasteiger partial charge in [0.05, 0.1) is 30.5 Å². The second-order valence-electron chi connectivity index (χ2n) is 3.96. The van der Waals surface area contributed by atoms with Gasteiger partial charge < -0.3 is 20.0 Å². The summed E-state index contributed by atoms with van der Waals surface area (Å²) in [6, 6.07) is 1.77. The minimum atomic E-state index is 0.426. The number of H-pyrrole nitrogens is 1. The van der Waals surface area contributed by atoms with Crippen LogP contribution in [0.1, 0.15) is 12.8 Å². The van der Waals surface area contributed by atoms with E-state index >= 15 is 0 Å². The monoisotopic (exact) mass is 264 g/mol. The third-order valence-electron chi connectivity index (χ3n) is 2.45. The second-order valence-corrected chi connectivity index (χ2v) is 3.96. The number of pyridine rings is 1. The number of nitrogens with two attached hydrogens (primary N) is 1. The van der Waals surface area contributed by atoms with Gasteiger partial charge in [-0.3, -0.25) is 5.10 Å². The number of aromatic amines is 1. The topological polar surface area (TPSA) is 103 Å². The highest BCUT2D eigenvalue weighted by molar-refractivity contribution is 5.83. The van der Waals surface area contributed by atoms with Crippen molar-refractivity contribution in [2.24, 2.45) is 0 Å². The Morgan fingerprint density at radius 3 is 3.11 bits per heavy atom. The van der Waals surface area contributed by atoms with E-state index in [-0.39, 0.29) is 0 Å². The second kappa shape index (κ2) is 6.69. The molecule has 0 amide bonds. The Morgan fingerprint density at radius 1 is 1.37 bits per heavy atom. The van der Waals surface area contributed by atoms with Gasteiger partial charge in [0, 0.05) is 19.4 Å². The van der Waals surface area contributed by atoms with Gasteiger partial charge in [0.15, 0.2) is 5.65 Å². The molecule has 0 aliphatic rings. The molecule has 3 N–H and O–H groups in total. The normalized spacial score (nSPS) is 10.7. The number of nitrogens with one attached hydrogen (secondary N) is 1. The average molecular weight is 264 g/mol. The Bertz CT molecular complexity index is 541. The van der Waals surface area contributed by atoms with Gasteiger partial charge in [0.1, 0.15) is 6.29 Å². The zero-order chi connectivity index (χ0) is 13.5. The maximum absolute atomic E-state index is 10.1. The van der Waals surface area contributed by atoms with Gasteiger partial charge in [0.2, 0.25) is 5.88 Å². The summed E-state index contributed by atoms with van der Waals surface area (Å²) < 4.78 is 10.8. The molecule has 2 heterocycles. The molecule has 19 heavy (non-hydrogen) atoms. The van der Waals surface area contributed by atoms with Crippen LogP contribution in [0.2, 0.25) is 0 Å². The number of carbonyl (C=O) groups excluding carboxylic acids is 1. The first-order valence-electron chi connectivity index (χ1n) is 6.05. The summed E-state index contributed by atoms with van der Waals surface area (Å²) in [4.78, 5) is 14.2. The molecule has 0 aliphatic carbocycles. The molecule has 0 spiro atoms. The molecule has 0 radical (unpaired) electrons. The molecule has 0 aromatic carbocycles. The van der Waals surface area contributed by atoms with Crippen LogP contribution in [0.4, 0.5) is 5.69 Å². The van der Waals surface area contributed by atoms with Crippen LogP contribution in [0.5, 0.6) is 5.88 Å². The number of nitrogen functional groups attached to an aromatic ring is 1. The number of fused-ring (bicyclic) bond motifs is 1. The fourth-order valence-corrected chi connectivity index (χ4v) is 1.57. The van der Waals surface area contributed by atoms with E-state index in [0.29, 0.717) is 43.5 Å². The first-order chi connectivity index (χ1) is 9.31. The van der Waals surface area contributed by atoms with Crippen molar-refractivity contribution >= 4 is 23.0 Å². The van der Waals surface area contributed by atoms with E-state index in [4.69, 9.17) is 15.2 Å². The smallest absolute Gasteiger partial charge is 0.242 e. The van der Waals surface area contributed by atoms with Gasteiger partial charge in [-0.05, 0) is 6.07 Å². The lowest BCUT2D eigenvalue weighted by atomic mass is 10.3. The van der Waals surface area contributed by atoms with Gasteiger partial charge in [0.25, 0.3) is 0 Å². The molecular formula is C12H16N4O3. The highest BCUT2D eigenvalue weighted by Crippen LogP contribution is 2.22. The van der Waals surface area contributed by atoms with Crippen molar-refractivity contribution in [3.8, 4) is 5.88 Å². The Labute approximate surface area is 110 Å². The molecule has 0 fully saturated rings. The third kappa shape index (κ3) is 3.65. The van der Waals surface area contributed by atoms with Crippen LogP contribution in [0.15, 0.2) is 12.3 Å². The van der Waals surface area contributed by atoms with Crippen molar-refractivity contribution in [2.75, 3.05) is 25.6 Å². The minimum Gasteiger partial charge on any atom is -0.476 e. The average Bonchev–Trinajstić information content (AvgIpc) is 2.80. The van der Waals surface area contributed by atoms with Crippen LogP contribution >= 0.6 is 0 Å². The minimum absolute atomic E-state index is 0.426. The Balaban J connectivity index is 1.78. The third-order valence-corrected chi connectivity index (χ3v) is 2.45. The molecular weight excluding hydrogens is 248 g/mol. The number of rotatable bonds is 8. The maximum atomic E-state index is 10.1. The standard InChI is InChI=1S/C12H16N4O3/c13-9-7-10-11(14-8-9)15-16-12(10)19-6-2-5-18-4-1-3-17/h3,7-8H,1-2,4-6,13H2,(H,14,15,16). The lowest BCUT2D eigenvalue weighted by Crippen LogP contribution is -2.04. The highest BCUT2D eigenvalue weighted by atomic mass is 16.5. The van der Waals surface area contributed by atoms with Crippen molar-refractivity contribution < 1.29 is 14.3 Å². The van der Waals surface area contributed by atoms with Gasteiger partial charge in [-0.15, -0.1) is 5.10 Å². The van der Waals surface area contributed by atoms with E-state index in [0.717, 1.165) is 18.1 Å². The van der Waals surface area contributed by atoms with Crippen LogP contribution in [0.25, 0.3) is 11.0 Å². The van der Waals surface area contributed by atoms with Crippen molar-refractivity contribution in [3.05, 3.63) is 12.3 Å². The summed E-state index contributed by atoms with van der Waals surface area (Å²) in [5, 5.41) is 7.57. The molecule has 0 saturated heterocycles. The summed E-state index contributed by atoms with van der Waals surface area (Å²) >= 11 is 0. The lowest BCUT2D eigenvalue weighted by molar-refractivity contribution is -0.108. The zero-order valence-electron chi connectivity index (χ0n) is 10.5. The number of hydrogen-bond donors (Lipinski definition) is 2. The van der Waals surface area contributed by atoms with E-state index < -0.39 is 0 Å². The van der Waals surface area contributed by atoms with Crippen molar-refractivity contribution in [1.82, 2.24) is 15.2 Å². The van der Waals surface area contributed by atoms with Gasteiger partial charge in [-0.1, -0.05) is 0 Å². The number of aldehydes is 1.